The van der Waals surface area contributed by atoms with Gasteiger partial charge in [-0.15, -0.1) is 12.4 Å². The van der Waals surface area contributed by atoms with Crippen molar-refractivity contribution >= 4 is 24.1 Å². The largest absolute Gasteiger partial charge is 0.493 e. The zero-order chi connectivity index (χ0) is 24.7. The van der Waals surface area contributed by atoms with Crippen molar-refractivity contribution in [3.8, 4) is 23.0 Å². The average Bonchev–Trinajstić information content (AvgIpc) is 3.00. The smallest absolute Gasteiger partial charge is 0.227 e. The minimum atomic E-state index is 0. The van der Waals surface area contributed by atoms with E-state index < -0.39 is 0 Å². The van der Waals surface area contributed by atoms with E-state index in [1.807, 2.05) is 29.0 Å². The summed E-state index contributed by atoms with van der Waals surface area (Å²) in [4.78, 5) is 29.4. The van der Waals surface area contributed by atoms with Gasteiger partial charge in [0.2, 0.25) is 5.91 Å². The van der Waals surface area contributed by atoms with Crippen molar-refractivity contribution in [1.29, 1.82) is 0 Å². The van der Waals surface area contributed by atoms with E-state index in [-0.39, 0.29) is 30.6 Å². The Morgan fingerprint density at radius 1 is 0.914 bits per heavy atom. The van der Waals surface area contributed by atoms with E-state index in [9.17, 15) is 9.59 Å². The molecule has 35 heavy (non-hydrogen) atoms. The monoisotopic (exact) mass is 506 g/mol. The summed E-state index contributed by atoms with van der Waals surface area (Å²) in [5, 5.41) is 0. The van der Waals surface area contributed by atoms with Crippen molar-refractivity contribution in [3.63, 3.8) is 0 Å². The number of benzene rings is 2. The maximum absolute atomic E-state index is 12.8. The number of halogens is 1. The lowest BCUT2D eigenvalue weighted by Crippen LogP contribution is -2.35. The van der Waals surface area contributed by atoms with Crippen molar-refractivity contribution in [2.45, 2.75) is 19.3 Å². The number of ether oxygens (including phenoxy) is 4. The summed E-state index contributed by atoms with van der Waals surface area (Å²) in [6, 6.07) is 9.06. The molecule has 1 aliphatic rings. The topological polar surface area (TPSA) is 77.5 Å². The van der Waals surface area contributed by atoms with Crippen LogP contribution in [0.3, 0.4) is 0 Å². The third-order valence-electron chi connectivity index (χ3n) is 6.14. The minimum Gasteiger partial charge on any atom is -0.493 e. The van der Waals surface area contributed by atoms with Crippen LogP contribution in [0.5, 0.6) is 23.0 Å². The van der Waals surface area contributed by atoms with Gasteiger partial charge in [0.15, 0.2) is 28.8 Å². The number of Topliss-reactive ketones (excluding diaryl/α,β-unsaturated/α-hetero) is 1. The van der Waals surface area contributed by atoms with Crippen LogP contribution in [0, 0.1) is 0 Å². The number of methoxy groups -OCH3 is 4. The second-order valence-corrected chi connectivity index (χ2v) is 8.37. The Labute approximate surface area is 213 Å². The minimum absolute atomic E-state index is 0. The molecular weight excluding hydrogens is 472 g/mol. The third-order valence-corrected chi connectivity index (χ3v) is 6.14. The highest BCUT2D eigenvalue weighted by atomic mass is 35.5. The molecule has 3 rings (SSSR count). The number of carbonyl (C=O) groups is 2. The third kappa shape index (κ3) is 7.02. The van der Waals surface area contributed by atoms with Gasteiger partial charge in [0.05, 0.1) is 41.4 Å². The molecule has 0 radical (unpaired) electrons. The highest BCUT2D eigenvalue weighted by molar-refractivity contribution is 5.98. The van der Waals surface area contributed by atoms with E-state index >= 15 is 0 Å². The Morgan fingerprint density at radius 3 is 2.14 bits per heavy atom. The summed E-state index contributed by atoms with van der Waals surface area (Å²) < 4.78 is 21.3. The summed E-state index contributed by atoms with van der Waals surface area (Å²) in [5.41, 5.74) is 2.68. The van der Waals surface area contributed by atoms with Gasteiger partial charge >= 0.3 is 0 Å². The number of nitrogens with zero attached hydrogens (tertiary/aromatic N) is 2. The van der Waals surface area contributed by atoms with Gasteiger partial charge in [-0.3, -0.25) is 14.5 Å². The van der Waals surface area contributed by atoms with Crippen molar-refractivity contribution < 1.29 is 28.5 Å². The van der Waals surface area contributed by atoms with Gasteiger partial charge in [0.1, 0.15) is 0 Å². The van der Waals surface area contributed by atoms with Crippen LogP contribution in [0.2, 0.25) is 0 Å². The number of fused-ring (bicyclic) bond motifs is 1. The quantitative estimate of drug-likeness (QED) is 0.433. The first kappa shape index (κ1) is 28.3. The predicted octanol–water partition coefficient (Wildman–Crippen LogP) is 3.27. The molecule has 0 N–H and O–H groups in total. The molecule has 2 aromatic carbocycles. The average molecular weight is 507 g/mol. The molecule has 9 heteroatoms. The van der Waals surface area contributed by atoms with E-state index in [4.69, 9.17) is 18.9 Å². The normalized spacial score (nSPS) is 13.0. The number of ketones is 1. The second kappa shape index (κ2) is 13.2. The van der Waals surface area contributed by atoms with Crippen molar-refractivity contribution in [1.82, 2.24) is 9.80 Å². The maximum atomic E-state index is 12.8. The van der Waals surface area contributed by atoms with E-state index in [1.165, 1.54) is 0 Å². The Balaban J connectivity index is 0.00000432. The zero-order valence-electron chi connectivity index (χ0n) is 21.1. The Kier molecular flexibility index (Phi) is 10.7. The number of hydrogen-bond acceptors (Lipinski definition) is 7. The van der Waals surface area contributed by atoms with Gasteiger partial charge in [-0.1, -0.05) is 0 Å². The van der Waals surface area contributed by atoms with Crippen molar-refractivity contribution in [2.24, 2.45) is 0 Å². The highest BCUT2D eigenvalue weighted by Gasteiger charge is 2.22. The molecule has 0 unspecified atom stereocenters. The van der Waals surface area contributed by atoms with Gasteiger partial charge in [0, 0.05) is 18.7 Å². The molecular formula is C26H35ClN2O6. The van der Waals surface area contributed by atoms with E-state index in [0.29, 0.717) is 54.6 Å². The molecule has 0 aromatic heterocycles. The maximum Gasteiger partial charge on any atom is 0.227 e. The molecule has 1 amide bonds. The summed E-state index contributed by atoms with van der Waals surface area (Å²) in [6.07, 6.45) is 1.91. The summed E-state index contributed by atoms with van der Waals surface area (Å²) >= 11 is 0. The van der Waals surface area contributed by atoms with Crippen LogP contribution in [0.15, 0.2) is 30.3 Å². The number of rotatable bonds is 11. The molecule has 0 fully saturated rings. The van der Waals surface area contributed by atoms with Gasteiger partial charge in [-0.05, 0) is 67.9 Å². The second-order valence-electron chi connectivity index (χ2n) is 8.37. The summed E-state index contributed by atoms with van der Waals surface area (Å²) in [6.45, 7) is 2.30. The molecule has 2 aromatic rings. The van der Waals surface area contributed by atoms with Crippen molar-refractivity contribution in [2.75, 3.05) is 61.7 Å². The lowest BCUT2D eigenvalue weighted by Gasteiger charge is -2.22. The van der Waals surface area contributed by atoms with Crippen LogP contribution >= 0.6 is 12.4 Å². The first-order chi connectivity index (χ1) is 16.4. The number of carbonyl (C=O) groups excluding carboxylic acids is 2. The van der Waals surface area contributed by atoms with Crippen molar-refractivity contribution in [3.05, 3.63) is 47.0 Å². The van der Waals surface area contributed by atoms with Gasteiger partial charge in [-0.25, -0.2) is 0 Å². The van der Waals surface area contributed by atoms with E-state index in [2.05, 4.69) is 0 Å². The van der Waals surface area contributed by atoms with E-state index in [0.717, 1.165) is 24.0 Å². The number of hydrogen-bond donors (Lipinski definition) is 0. The van der Waals surface area contributed by atoms with Crippen LogP contribution < -0.4 is 18.9 Å². The van der Waals surface area contributed by atoms with Gasteiger partial charge < -0.3 is 23.8 Å². The molecule has 8 nitrogen and oxygen atoms in total. The summed E-state index contributed by atoms with van der Waals surface area (Å²) in [5.74, 6) is 2.56. The van der Waals surface area contributed by atoms with Gasteiger partial charge in [0.25, 0.3) is 0 Å². The molecule has 0 saturated heterocycles. The fourth-order valence-electron chi connectivity index (χ4n) is 4.21. The van der Waals surface area contributed by atoms with Crippen LogP contribution in [-0.4, -0.2) is 83.2 Å². The predicted molar refractivity (Wildman–Crippen MR) is 137 cm³/mol. The van der Waals surface area contributed by atoms with E-state index in [1.54, 1.807) is 46.6 Å². The van der Waals surface area contributed by atoms with Crippen LogP contribution in [0.1, 0.15) is 27.9 Å². The molecule has 1 aliphatic heterocycles. The number of likely N-dealkylation sites (N-methyl/N-ethyl adjacent to an activating group) is 1. The Hall–Kier alpha value is -2.97. The first-order valence-corrected chi connectivity index (χ1v) is 11.4. The van der Waals surface area contributed by atoms with Crippen LogP contribution in [0.4, 0.5) is 0 Å². The molecule has 0 spiro atoms. The van der Waals surface area contributed by atoms with Crippen LogP contribution in [0.25, 0.3) is 0 Å². The lowest BCUT2D eigenvalue weighted by molar-refractivity contribution is -0.130. The Bertz CT molecular complexity index is 1030. The molecule has 0 aliphatic carbocycles. The molecule has 0 saturated carbocycles. The molecule has 192 valence electrons. The zero-order valence-corrected chi connectivity index (χ0v) is 21.9. The first-order valence-electron chi connectivity index (χ1n) is 11.4. The molecule has 1 heterocycles. The fraction of sp³-hybridized carbons (Fsp3) is 0.462. The SMILES string of the molecule is COc1ccc(C(=O)CN(C)CCCN2CCc3cc(OC)c(OC)cc3CC2=O)cc1OC.Cl. The lowest BCUT2D eigenvalue weighted by atomic mass is 10.0. The van der Waals surface area contributed by atoms with Crippen LogP contribution in [-0.2, 0) is 17.6 Å². The highest BCUT2D eigenvalue weighted by Crippen LogP contribution is 2.32. The molecule has 0 bridgehead atoms. The molecule has 0 atom stereocenters. The standard InChI is InChI=1S/C26H34N2O6.ClH/c1-27(17-21(29)19-7-8-22(31-2)23(14-19)32-3)10-6-11-28-12-9-18-13-24(33-4)25(34-5)15-20(18)16-26(28)30;/h7-8,13-15H,6,9-12,16-17H2,1-5H3;1H. The fourth-order valence-corrected chi connectivity index (χ4v) is 4.21. The Morgan fingerprint density at radius 2 is 1.51 bits per heavy atom. The summed E-state index contributed by atoms with van der Waals surface area (Å²) in [7, 11) is 8.24. The van der Waals surface area contributed by atoms with Gasteiger partial charge in [-0.2, -0.15) is 0 Å². The number of amides is 1.